The highest BCUT2D eigenvalue weighted by molar-refractivity contribution is 5.91. The summed E-state index contributed by atoms with van der Waals surface area (Å²) in [5, 5.41) is 13.3. The lowest BCUT2D eigenvalue weighted by Gasteiger charge is -2.26. The van der Waals surface area contributed by atoms with Crippen LogP contribution in [0.5, 0.6) is 17.2 Å². The number of halogens is 3. The number of imidazole rings is 1. The predicted molar refractivity (Wildman–Crippen MR) is 138 cm³/mol. The quantitative estimate of drug-likeness (QED) is 0.330. The Balaban J connectivity index is 1.53. The number of benzene rings is 2. The summed E-state index contributed by atoms with van der Waals surface area (Å²) in [6.07, 6.45) is 0.290. The van der Waals surface area contributed by atoms with Crippen LogP contribution in [0.1, 0.15) is 18.4 Å². The van der Waals surface area contributed by atoms with Gasteiger partial charge in [0.15, 0.2) is 17.3 Å². The van der Waals surface area contributed by atoms with Crippen LogP contribution in [0.25, 0.3) is 16.6 Å². The van der Waals surface area contributed by atoms with Crippen molar-refractivity contribution in [3.8, 4) is 22.9 Å². The van der Waals surface area contributed by atoms with E-state index in [-0.39, 0.29) is 24.1 Å². The summed E-state index contributed by atoms with van der Waals surface area (Å²) in [6.45, 7) is 0.529. The highest BCUT2D eigenvalue weighted by atomic mass is 19.4. The Bertz CT molecular complexity index is 1470. The van der Waals surface area contributed by atoms with Crippen molar-refractivity contribution in [1.29, 1.82) is 0 Å². The van der Waals surface area contributed by atoms with Crippen molar-refractivity contribution in [2.45, 2.75) is 25.1 Å². The number of fused-ring (bicyclic) bond motifs is 1. The van der Waals surface area contributed by atoms with Crippen molar-refractivity contribution in [2.75, 3.05) is 44.7 Å². The number of nitrogens with zero attached hydrogens (tertiary/aromatic N) is 5. The first kappa shape index (κ1) is 26.4. The van der Waals surface area contributed by atoms with Crippen LogP contribution in [0.4, 0.5) is 30.8 Å². The maximum Gasteiger partial charge on any atom is 0.416 e. The number of alkyl halides is 3. The summed E-state index contributed by atoms with van der Waals surface area (Å²) < 4.78 is 58.3. The molecule has 1 atom stereocenters. The van der Waals surface area contributed by atoms with Crippen molar-refractivity contribution in [3.63, 3.8) is 0 Å². The molecule has 2 aromatic carbocycles. The molecule has 4 aromatic rings. The maximum atomic E-state index is 13.5. The lowest BCUT2D eigenvalue weighted by Crippen LogP contribution is -2.33. The van der Waals surface area contributed by atoms with Gasteiger partial charge < -0.3 is 34.1 Å². The molecule has 1 fully saturated rings. The van der Waals surface area contributed by atoms with Gasteiger partial charge in [0.05, 0.1) is 56.9 Å². The number of hydrogen-bond donors (Lipinski definition) is 2. The molecule has 1 aliphatic heterocycles. The van der Waals surface area contributed by atoms with Gasteiger partial charge in [-0.3, -0.25) is 0 Å². The second kappa shape index (κ2) is 10.5. The van der Waals surface area contributed by atoms with E-state index in [0.717, 1.165) is 25.0 Å². The first-order valence-electron chi connectivity index (χ1n) is 12.1. The Morgan fingerprint density at radius 3 is 2.44 bits per heavy atom. The summed E-state index contributed by atoms with van der Waals surface area (Å²) in [6, 6.07) is 6.72. The van der Waals surface area contributed by atoms with Gasteiger partial charge in [-0.05, 0) is 31.0 Å². The Morgan fingerprint density at radius 2 is 1.79 bits per heavy atom. The van der Waals surface area contributed by atoms with Crippen molar-refractivity contribution in [2.24, 2.45) is 0 Å². The van der Waals surface area contributed by atoms with E-state index in [9.17, 15) is 18.3 Å². The van der Waals surface area contributed by atoms with Crippen LogP contribution >= 0.6 is 0 Å². The van der Waals surface area contributed by atoms with Crippen LogP contribution < -0.4 is 24.4 Å². The van der Waals surface area contributed by atoms with Crippen molar-refractivity contribution >= 4 is 28.5 Å². The molecule has 10 nitrogen and oxygen atoms in total. The average molecular weight is 545 g/mol. The Hall–Kier alpha value is -4.26. The zero-order valence-corrected chi connectivity index (χ0v) is 21.5. The third kappa shape index (κ3) is 5.09. The molecule has 1 saturated heterocycles. The average Bonchev–Trinajstić information content (AvgIpc) is 3.60. The number of aliphatic hydroxyl groups is 1. The van der Waals surface area contributed by atoms with Gasteiger partial charge >= 0.3 is 6.18 Å². The molecule has 1 unspecified atom stereocenters. The lowest BCUT2D eigenvalue weighted by atomic mass is 10.1. The third-order valence-electron chi connectivity index (χ3n) is 6.63. The SMILES string of the molecule is COc1cc(-n2cnc(Nc3nc(N4CCCC4CO)c4ccc(C(F)(F)F)cc4n3)c2)cc(OC)c1OC. The molecule has 39 heavy (non-hydrogen) atoms. The lowest BCUT2D eigenvalue weighted by molar-refractivity contribution is -0.137. The fourth-order valence-electron chi connectivity index (χ4n) is 4.73. The molecule has 0 bridgehead atoms. The second-order valence-electron chi connectivity index (χ2n) is 8.95. The van der Waals surface area contributed by atoms with Crippen molar-refractivity contribution in [3.05, 3.63) is 48.4 Å². The fraction of sp³-hybridized carbons (Fsp3) is 0.346. The smallest absolute Gasteiger partial charge is 0.416 e. The van der Waals surface area contributed by atoms with E-state index >= 15 is 0 Å². The summed E-state index contributed by atoms with van der Waals surface area (Å²) in [5.74, 6) is 2.26. The molecule has 2 N–H and O–H groups in total. The number of aromatic nitrogens is 4. The van der Waals surface area contributed by atoms with Crippen LogP contribution in [-0.2, 0) is 6.18 Å². The number of anilines is 3. The number of nitrogens with one attached hydrogen (secondary N) is 1. The van der Waals surface area contributed by atoms with Crippen LogP contribution in [0.2, 0.25) is 0 Å². The molecule has 0 aliphatic carbocycles. The van der Waals surface area contributed by atoms with Gasteiger partial charge in [0.2, 0.25) is 11.7 Å². The van der Waals surface area contributed by atoms with Gasteiger partial charge in [0.1, 0.15) is 12.1 Å². The van der Waals surface area contributed by atoms with E-state index in [1.54, 1.807) is 29.2 Å². The molecular formula is C26H27F3N6O4. The van der Waals surface area contributed by atoms with E-state index in [2.05, 4.69) is 20.3 Å². The Kier molecular flexibility index (Phi) is 7.08. The van der Waals surface area contributed by atoms with E-state index in [0.29, 0.717) is 46.5 Å². The number of ether oxygens (including phenoxy) is 3. The summed E-state index contributed by atoms with van der Waals surface area (Å²) in [7, 11) is 4.55. The molecule has 0 amide bonds. The van der Waals surface area contributed by atoms with E-state index in [1.807, 2.05) is 4.90 Å². The monoisotopic (exact) mass is 544 g/mol. The second-order valence-corrected chi connectivity index (χ2v) is 8.95. The van der Waals surface area contributed by atoms with E-state index in [4.69, 9.17) is 14.2 Å². The molecule has 13 heteroatoms. The molecule has 0 saturated carbocycles. The summed E-state index contributed by atoms with van der Waals surface area (Å²) in [4.78, 5) is 15.3. The topological polar surface area (TPSA) is 107 Å². The molecule has 0 spiro atoms. The van der Waals surface area contributed by atoms with Gasteiger partial charge in [-0.25, -0.2) is 9.97 Å². The standard InChI is InChI=1S/C26H27F3N6O4/c1-37-20-10-17(11-21(38-2)23(20)39-3)34-12-22(30-14-34)32-25-31-19-9-15(26(27,28)29)6-7-18(19)24(33-25)35-8-4-5-16(35)13-36/h6-7,9-12,14,16,36H,4-5,8,13H2,1-3H3,(H,31,32,33). The highest BCUT2D eigenvalue weighted by Crippen LogP contribution is 2.40. The molecule has 5 rings (SSSR count). The number of aliphatic hydroxyl groups excluding tert-OH is 1. The molecule has 1 aliphatic rings. The van der Waals surface area contributed by atoms with Gasteiger partial charge in [-0.2, -0.15) is 18.2 Å². The minimum Gasteiger partial charge on any atom is -0.493 e. The van der Waals surface area contributed by atoms with Crippen LogP contribution in [0.3, 0.4) is 0 Å². The van der Waals surface area contributed by atoms with Crippen LogP contribution in [0.15, 0.2) is 42.9 Å². The molecule has 0 radical (unpaired) electrons. The highest BCUT2D eigenvalue weighted by Gasteiger charge is 2.32. The Morgan fingerprint density at radius 1 is 1.05 bits per heavy atom. The minimum absolute atomic E-state index is 0.0792. The maximum absolute atomic E-state index is 13.5. The predicted octanol–water partition coefficient (Wildman–Crippen LogP) is 4.56. The third-order valence-corrected chi connectivity index (χ3v) is 6.63. The van der Waals surface area contributed by atoms with Crippen LogP contribution in [0, 0.1) is 0 Å². The number of rotatable bonds is 8. The Labute approximate surface area is 222 Å². The van der Waals surface area contributed by atoms with E-state index in [1.165, 1.54) is 27.4 Å². The molecule has 3 heterocycles. The first-order valence-corrected chi connectivity index (χ1v) is 12.1. The van der Waals surface area contributed by atoms with Gasteiger partial charge in [0, 0.05) is 24.1 Å². The van der Waals surface area contributed by atoms with Gasteiger partial charge in [-0.1, -0.05) is 0 Å². The van der Waals surface area contributed by atoms with E-state index < -0.39 is 11.7 Å². The molecule has 206 valence electrons. The number of hydrogen-bond acceptors (Lipinski definition) is 9. The van der Waals surface area contributed by atoms with Gasteiger partial charge in [-0.15, -0.1) is 0 Å². The van der Waals surface area contributed by atoms with Gasteiger partial charge in [0.25, 0.3) is 0 Å². The summed E-state index contributed by atoms with van der Waals surface area (Å²) in [5.41, 5.74) is -0.00905. The zero-order valence-electron chi connectivity index (χ0n) is 21.5. The van der Waals surface area contributed by atoms with Crippen molar-refractivity contribution in [1.82, 2.24) is 19.5 Å². The molecule has 2 aromatic heterocycles. The summed E-state index contributed by atoms with van der Waals surface area (Å²) >= 11 is 0. The van der Waals surface area contributed by atoms with Crippen LogP contribution in [-0.4, -0.2) is 65.1 Å². The first-order chi connectivity index (χ1) is 18.7. The zero-order chi connectivity index (χ0) is 27.7. The fourth-order valence-corrected chi connectivity index (χ4v) is 4.73. The molecular weight excluding hydrogens is 517 g/mol. The largest absolute Gasteiger partial charge is 0.493 e. The van der Waals surface area contributed by atoms with Crippen molar-refractivity contribution < 1.29 is 32.5 Å². The normalized spacial score (nSPS) is 15.6. The minimum atomic E-state index is -4.52. The number of methoxy groups -OCH3 is 3.